The molecule has 0 saturated heterocycles. The van der Waals surface area contributed by atoms with Crippen LogP contribution >= 0.6 is 11.3 Å². The van der Waals surface area contributed by atoms with E-state index in [0.29, 0.717) is 0 Å². The van der Waals surface area contributed by atoms with Crippen LogP contribution in [0.25, 0.3) is 0 Å². The Morgan fingerprint density at radius 1 is 1.53 bits per heavy atom. The van der Waals surface area contributed by atoms with E-state index in [1.807, 2.05) is 17.8 Å². The van der Waals surface area contributed by atoms with Crippen molar-refractivity contribution in [2.45, 2.75) is 32.4 Å². The lowest BCUT2D eigenvalue weighted by Crippen LogP contribution is -2.20. The molecule has 0 fully saturated rings. The van der Waals surface area contributed by atoms with Crippen molar-refractivity contribution in [3.8, 4) is 5.75 Å². The van der Waals surface area contributed by atoms with Crippen molar-refractivity contribution < 1.29 is 4.74 Å². The topological polar surface area (TPSA) is 52.0 Å². The van der Waals surface area contributed by atoms with Gasteiger partial charge in [0.2, 0.25) is 0 Å². The van der Waals surface area contributed by atoms with Crippen molar-refractivity contribution in [3.63, 3.8) is 0 Å². The first-order valence-electron chi connectivity index (χ1n) is 6.45. The maximum atomic E-state index is 5.39. The van der Waals surface area contributed by atoms with Gasteiger partial charge in [0.1, 0.15) is 17.9 Å². The first-order valence-corrected chi connectivity index (χ1v) is 7.33. The van der Waals surface area contributed by atoms with Gasteiger partial charge in [-0.25, -0.2) is 4.98 Å². The van der Waals surface area contributed by atoms with Gasteiger partial charge in [0.15, 0.2) is 0 Å². The van der Waals surface area contributed by atoms with Gasteiger partial charge in [-0.3, -0.25) is 4.68 Å². The summed E-state index contributed by atoms with van der Waals surface area (Å²) in [5.74, 6) is 1.95. The Balaban J connectivity index is 2.17. The summed E-state index contributed by atoms with van der Waals surface area (Å²) in [5, 5.41) is 9.65. The Hall–Kier alpha value is -1.40. The Labute approximate surface area is 117 Å². The fourth-order valence-corrected chi connectivity index (χ4v) is 3.06. The van der Waals surface area contributed by atoms with Gasteiger partial charge in [-0.1, -0.05) is 6.92 Å². The summed E-state index contributed by atoms with van der Waals surface area (Å²) in [5.41, 5.74) is 0. The number of rotatable bonds is 7. The lowest BCUT2D eigenvalue weighted by atomic mass is 10.1. The molecule has 0 saturated carbocycles. The maximum absolute atomic E-state index is 5.39. The highest BCUT2D eigenvalue weighted by Gasteiger charge is 2.19. The number of methoxy groups -OCH3 is 1. The molecule has 0 bridgehead atoms. The van der Waals surface area contributed by atoms with Crippen LogP contribution in [0.15, 0.2) is 17.8 Å². The third-order valence-corrected chi connectivity index (χ3v) is 4.07. The molecule has 6 heteroatoms. The van der Waals surface area contributed by atoms with Crippen molar-refractivity contribution in [2.75, 3.05) is 14.2 Å². The van der Waals surface area contributed by atoms with E-state index in [4.69, 9.17) is 4.74 Å². The number of nitrogens with zero attached hydrogens (tertiary/aromatic N) is 3. The quantitative estimate of drug-likeness (QED) is 0.845. The number of nitrogens with one attached hydrogen (secondary N) is 1. The molecule has 0 aliphatic rings. The highest BCUT2D eigenvalue weighted by molar-refractivity contribution is 7.10. The normalized spacial score (nSPS) is 12.6. The first kappa shape index (κ1) is 14.0. The van der Waals surface area contributed by atoms with E-state index in [1.54, 1.807) is 24.8 Å². The molecule has 1 N–H and O–H groups in total. The minimum Gasteiger partial charge on any atom is -0.496 e. The molecular formula is C13H20N4OS. The molecule has 0 aliphatic carbocycles. The standard InChI is InChI=1S/C13H20N4OS/c1-4-6-17-12(15-9-16-17)8-10(14-2)13-11(18-3)5-7-19-13/h5,7,9-10,14H,4,6,8H2,1-3H3. The van der Waals surface area contributed by atoms with Crippen LogP contribution in [0, 0.1) is 0 Å². The monoisotopic (exact) mass is 280 g/mol. The average molecular weight is 280 g/mol. The van der Waals surface area contributed by atoms with Crippen molar-refractivity contribution in [1.29, 1.82) is 0 Å². The zero-order valence-electron chi connectivity index (χ0n) is 11.6. The third kappa shape index (κ3) is 3.13. The Kier molecular flexibility index (Phi) is 4.93. The summed E-state index contributed by atoms with van der Waals surface area (Å²) in [6.07, 6.45) is 3.50. The van der Waals surface area contributed by atoms with Gasteiger partial charge in [0.05, 0.1) is 18.0 Å². The Bertz CT molecular complexity index is 508. The predicted octanol–water partition coefficient (Wildman–Crippen LogP) is 2.26. The van der Waals surface area contributed by atoms with Crippen LogP contribution < -0.4 is 10.1 Å². The number of hydrogen-bond donors (Lipinski definition) is 1. The first-order chi connectivity index (χ1) is 9.30. The van der Waals surface area contributed by atoms with Crippen molar-refractivity contribution >= 4 is 11.3 Å². The van der Waals surface area contributed by atoms with E-state index in [-0.39, 0.29) is 6.04 Å². The van der Waals surface area contributed by atoms with E-state index in [0.717, 1.165) is 31.0 Å². The van der Waals surface area contributed by atoms with E-state index in [9.17, 15) is 0 Å². The number of ether oxygens (including phenoxy) is 1. The van der Waals surface area contributed by atoms with Gasteiger partial charge in [-0.2, -0.15) is 5.10 Å². The molecule has 2 heterocycles. The van der Waals surface area contributed by atoms with Crippen LogP contribution in [0.1, 0.15) is 30.1 Å². The molecule has 2 rings (SSSR count). The molecule has 0 amide bonds. The fraction of sp³-hybridized carbons (Fsp3) is 0.538. The van der Waals surface area contributed by atoms with Crippen LogP contribution in [0.3, 0.4) is 0 Å². The van der Waals surface area contributed by atoms with E-state index >= 15 is 0 Å². The van der Waals surface area contributed by atoms with Gasteiger partial charge in [-0.05, 0) is 24.9 Å². The Morgan fingerprint density at radius 2 is 2.37 bits per heavy atom. The number of hydrogen-bond acceptors (Lipinski definition) is 5. The number of likely N-dealkylation sites (N-methyl/N-ethyl adjacent to an activating group) is 1. The van der Waals surface area contributed by atoms with Gasteiger partial charge in [-0.15, -0.1) is 11.3 Å². The van der Waals surface area contributed by atoms with Gasteiger partial charge in [0, 0.05) is 13.0 Å². The molecule has 0 aromatic carbocycles. The van der Waals surface area contributed by atoms with Crippen LogP contribution in [0.2, 0.25) is 0 Å². The summed E-state index contributed by atoms with van der Waals surface area (Å²) in [4.78, 5) is 5.57. The van der Waals surface area contributed by atoms with Crippen molar-refractivity contribution in [3.05, 3.63) is 28.5 Å². The molecule has 2 aromatic heterocycles. The van der Waals surface area contributed by atoms with E-state index in [1.165, 1.54) is 4.88 Å². The lowest BCUT2D eigenvalue weighted by Gasteiger charge is -2.16. The molecule has 0 aliphatic heterocycles. The second-order valence-electron chi connectivity index (χ2n) is 4.30. The number of thiophene rings is 1. The molecule has 0 spiro atoms. The zero-order chi connectivity index (χ0) is 13.7. The summed E-state index contributed by atoms with van der Waals surface area (Å²) in [6.45, 7) is 3.05. The SMILES string of the molecule is CCCn1ncnc1CC(NC)c1sccc1OC. The maximum Gasteiger partial charge on any atom is 0.138 e. The third-order valence-electron chi connectivity index (χ3n) is 3.06. The summed E-state index contributed by atoms with van der Waals surface area (Å²) in [7, 11) is 3.67. The predicted molar refractivity (Wildman–Crippen MR) is 76.7 cm³/mol. The highest BCUT2D eigenvalue weighted by Crippen LogP contribution is 2.32. The van der Waals surface area contributed by atoms with Crippen LogP contribution in [0.5, 0.6) is 5.75 Å². The second kappa shape index (κ2) is 6.68. The van der Waals surface area contributed by atoms with Gasteiger partial charge >= 0.3 is 0 Å². The zero-order valence-corrected chi connectivity index (χ0v) is 12.4. The summed E-state index contributed by atoms with van der Waals surface area (Å²) in [6, 6.07) is 2.20. The molecule has 2 aromatic rings. The Morgan fingerprint density at radius 3 is 3.05 bits per heavy atom. The minimum atomic E-state index is 0.203. The number of aryl methyl sites for hydroxylation is 1. The van der Waals surface area contributed by atoms with Crippen LogP contribution in [0.4, 0.5) is 0 Å². The van der Waals surface area contributed by atoms with Gasteiger partial charge < -0.3 is 10.1 Å². The molecule has 1 unspecified atom stereocenters. The molecule has 0 radical (unpaired) electrons. The molecule has 5 nitrogen and oxygen atoms in total. The van der Waals surface area contributed by atoms with Crippen LogP contribution in [-0.2, 0) is 13.0 Å². The summed E-state index contributed by atoms with van der Waals surface area (Å²) >= 11 is 1.70. The minimum absolute atomic E-state index is 0.203. The smallest absolute Gasteiger partial charge is 0.138 e. The largest absolute Gasteiger partial charge is 0.496 e. The average Bonchev–Trinajstić information content (AvgIpc) is 3.05. The fourth-order valence-electron chi connectivity index (χ4n) is 2.09. The van der Waals surface area contributed by atoms with E-state index < -0.39 is 0 Å². The molecular weight excluding hydrogens is 260 g/mol. The van der Waals surface area contributed by atoms with Crippen LogP contribution in [-0.4, -0.2) is 28.9 Å². The highest BCUT2D eigenvalue weighted by atomic mass is 32.1. The van der Waals surface area contributed by atoms with E-state index in [2.05, 4.69) is 27.7 Å². The van der Waals surface area contributed by atoms with Crippen molar-refractivity contribution in [2.24, 2.45) is 0 Å². The second-order valence-corrected chi connectivity index (χ2v) is 5.25. The van der Waals surface area contributed by atoms with Gasteiger partial charge in [0.25, 0.3) is 0 Å². The lowest BCUT2D eigenvalue weighted by molar-refractivity contribution is 0.403. The number of aromatic nitrogens is 3. The molecule has 104 valence electrons. The summed E-state index contributed by atoms with van der Waals surface area (Å²) < 4.78 is 7.37. The molecule has 1 atom stereocenters. The molecule has 19 heavy (non-hydrogen) atoms. The van der Waals surface area contributed by atoms with Crippen molar-refractivity contribution in [1.82, 2.24) is 20.1 Å².